The molecule has 0 spiro atoms. The van der Waals surface area contributed by atoms with E-state index < -0.39 is 0 Å². The zero-order chi connectivity index (χ0) is 14.7. The van der Waals surface area contributed by atoms with E-state index in [1.54, 1.807) is 0 Å². The van der Waals surface area contributed by atoms with E-state index in [1.165, 1.54) is 32.4 Å². The lowest BCUT2D eigenvalue weighted by Gasteiger charge is -2.39. The van der Waals surface area contributed by atoms with Gasteiger partial charge in [0.15, 0.2) is 0 Å². The van der Waals surface area contributed by atoms with Crippen molar-refractivity contribution in [3.63, 3.8) is 0 Å². The molecule has 0 aromatic rings. The summed E-state index contributed by atoms with van der Waals surface area (Å²) in [6.07, 6.45) is 4.64. The van der Waals surface area contributed by atoms with Crippen LogP contribution in [0.3, 0.4) is 0 Å². The van der Waals surface area contributed by atoms with Crippen LogP contribution in [-0.2, 0) is 0 Å². The van der Waals surface area contributed by atoms with Crippen molar-refractivity contribution < 1.29 is 5.11 Å². The van der Waals surface area contributed by atoms with E-state index in [9.17, 15) is 5.11 Å². The van der Waals surface area contributed by atoms with Gasteiger partial charge in [0.2, 0.25) is 0 Å². The fourth-order valence-corrected chi connectivity index (χ4v) is 4.08. The van der Waals surface area contributed by atoms with Gasteiger partial charge in [-0.05, 0) is 70.5 Å². The van der Waals surface area contributed by atoms with E-state index >= 15 is 0 Å². The van der Waals surface area contributed by atoms with Gasteiger partial charge in [0.25, 0.3) is 0 Å². The van der Waals surface area contributed by atoms with E-state index in [4.69, 9.17) is 0 Å². The highest BCUT2D eigenvalue weighted by molar-refractivity contribution is 4.85. The Labute approximate surface area is 125 Å². The molecule has 4 unspecified atom stereocenters. The average molecular weight is 282 g/mol. The van der Waals surface area contributed by atoms with Gasteiger partial charge in [0.05, 0.1) is 6.10 Å². The zero-order valence-corrected chi connectivity index (χ0v) is 13.9. The molecule has 0 bridgehead atoms. The lowest BCUT2D eigenvalue weighted by molar-refractivity contribution is 0.0126. The smallest absolute Gasteiger partial charge is 0.0580 e. The Morgan fingerprint density at radius 3 is 2.65 bits per heavy atom. The van der Waals surface area contributed by atoms with Crippen molar-refractivity contribution in [2.45, 2.75) is 58.6 Å². The fraction of sp³-hybridized carbons (Fsp3) is 1.00. The molecule has 20 heavy (non-hydrogen) atoms. The molecular weight excluding hydrogens is 248 g/mol. The van der Waals surface area contributed by atoms with Crippen molar-refractivity contribution in [2.24, 2.45) is 17.8 Å². The molecule has 1 aliphatic carbocycles. The van der Waals surface area contributed by atoms with E-state index in [-0.39, 0.29) is 6.10 Å². The molecule has 118 valence electrons. The van der Waals surface area contributed by atoms with Crippen LogP contribution < -0.4 is 0 Å². The summed E-state index contributed by atoms with van der Waals surface area (Å²) in [5.41, 5.74) is 0. The molecule has 2 aliphatic rings. The van der Waals surface area contributed by atoms with Crippen molar-refractivity contribution in [1.82, 2.24) is 9.80 Å². The molecule has 0 aromatic heterocycles. The Kier molecular flexibility index (Phi) is 5.88. The molecule has 2 rings (SSSR count). The number of aliphatic hydroxyl groups excluding tert-OH is 1. The van der Waals surface area contributed by atoms with Crippen molar-refractivity contribution in [2.75, 3.05) is 33.2 Å². The minimum Gasteiger partial charge on any atom is -0.393 e. The summed E-state index contributed by atoms with van der Waals surface area (Å²) in [6, 6.07) is 0.620. The number of rotatable bonds is 3. The molecule has 1 aliphatic heterocycles. The van der Waals surface area contributed by atoms with Crippen LogP contribution in [0.1, 0.15) is 46.5 Å². The number of hydrogen-bond acceptors (Lipinski definition) is 3. The molecule has 3 nitrogen and oxygen atoms in total. The molecule has 0 amide bonds. The topological polar surface area (TPSA) is 26.7 Å². The second-order valence-electron chi connectivity index (χ2n) is 7.60. The number of nitrogens with zero attached hydrogens (tertiary/aromatic N) is 2. The Balaban J connectivity index is 1.92. The summed E-state index contributed by atoms with van der Waals surface area (Å²) in [6.45, 7) is 11.7. The first-order chi connectivity index (χ1) is 9.47. The Morgan fingerprint density at radius 2 is 1.95 bits per heavy atom. The van der Waals surface area contributed by atoms with Gasteiger partial charge >= 0.3 is 0 Å². The van der Waals surface area contributed by atoms with Gasteiger partial charge in [-0.15, -0.1) is 0 Å². The molecule has 1 heterocycles. The highest BCUT2D eigenvalue weighted by Gasteiger charge is 2.33. The summed E-state index contributed by atoms with van der Waals surface area (Å²) in [5, 5.41) is 10.4. The van der Waals surface area contributed by atoms with E-state index in [0.29, 0.717) is 12.0 Å². The first-order valence-corrected chi connectivity index (χ1v) is 8.58. The predicted molar refractivity (Wildman–Crippen MR) is 84.8 cm³/mol. The Bertz CT molecular complexity index is 295. The van der Waals surface area contributed by atoms with Gasteiger partial charge in [0.1, 0.15) is 0 Å². The summed E-state index contributed by atoms with van der Waals surface area (Å²) in [5.74, 6) is 2.06. The van der Waals surface area contributed by atoms with Crippen LogP contribution in [0.4, 0.5) is 0 Å². The molecule has 3 heteroatoms. The maximum atomic E-state index is 10.4. The molecule has 1 saturated carbocycles. The van der Waals surface area contributed by atoms with Gasteiger partial charge in [0, 0.05) is 19.1 Å². The highest BCUT2D eigenvalue weighted by Crippen LogP contribution is 2.34. The Morgan fingerprint density at radius 1 is 1.20 bits per heavy atom. The summed E-state index contributed by atoms with van der Waals surface area (Å²) < 4.78 is 0. The van der Waals surface area contributed by atoms with Crippen molar-refractivity contribution in [3.05, 3.63) is 0 Å². The van der Waals surface area contributed by atoms with Gasteiger partial charge in [-0.2, -0.15) is 0 Å². The first-order valence-electron chi connectivity index (χ1n) is 8.58. The maximum absolute atomic E-state index is 10.4. The normalized spacial score (nSPS) is 38.1. The van der Waals surface area contributed by atoms with E-state index in [0.717, 1.165) is 31.3 Å². The van der Waals surface area contributed by atoms with Crippen LogP contribution >= 0.6 is 0 Å². The largest absolute Gasteiger partial charge is 0.393 e. The minimum atomic E-state index is -0.0711. The number of hydrogen-bond donors (Lipinski definition) is 1. The molecule has 0 radical (unpaired) electrons. The average Bonchev–Trinajstić information content (AvgIpc) is 2.53. The standard InChI is InChI=1S/C17H34N2O/c1-13(2)15-6-7-17(20)16(10-15)12-19-9-5-8-18(4)11-14(19)3/h13-17,20H,5-12H2,1-4H3. The van der Waals surface area contributed by atoms with Crippen LogP contribution in [-0.4, -0.2) is 60.3 Å². The van der Waals surface area contributed by atoms with Crippen molar-refractivity contribution in [3.8, 4) is 0 Å². The van der Waals surface area contributed by atoms with Crippen molar-refractivity contribution in [1.29, 1.82) is 0 Å². The molecule has 1 saturated heterocycles. The second kappa shape index (κ2) is 7.24. The monoisotopic (exact) mass is 282 g/mol. The lowest BCUT2D eigenvalue weighted by Crippen LogP contribution is -2.45. The highest BCUT2D eigenvalue weighted by atomic mass is 16.3. The van der Waals surface area contributed by atoms with Gasteiger partial charge in [-0.1, -0.05) is 13.8 Å². The third kappa shape index (κ3) is 4.19. The Hall–Kier alpha value is -0.120. The summed E-state index contributed by atoms with van der Waals surface area (Å²) >= 11 is 0. The van der Waals surface area contributed by atoms with Crippen LogP contribution in [0.15, 0.2) is 0 Å². The van der Waals surface area contributed by atoms with Crippen LogP contribution in [0, 0.1) is 17.8 Å². The summed E-state index contributed by atoms with van der Waals surface area (Å²) in [7, 11) is 2.23. The van der Waals surface area contributed by atoms with Crippen LogP contribution in [0.5, 0.6) is 0 Å². The number of aliphatic hydroxyl groups is 1. The SMILES string of the molecule is CC(C)C1CCC(O)C(CN2CCCN(C)CC2C)C1. The zero-order valence-electron chi connectivity index (χ0n) is 13.9. The van der Waals surface area contributed by atoms with E-state index in [2.05, 4.69) is 37.6 Å². The van der Waals surface area contributed by atoms with Crippen LogP contribution in [0.2, 0.25) is 0 Å². The predicted octanol–water partition coefficient (Wildman–Crippen LogP) is 2.45. The lowest BCUT2D eigenvalue weighted by atomic mass is 9.74. The van der Waals surface area contributed by atoms with Gasteiger partial charge in [-0.25, -0.2) is 0 Å². The summed E-state index contributed by atoms with van der Waals surface area (Å²) in [4.78, 5) is 5.07. The van der Waals surface area contributed by atoms with Crippen molar-refractivity contribution >= 4 is 0 Å². The van der Waals surface area contributed by atoms with Crippen LogP contribution in [0.25, 0.3) is 0 Å². The molecule has 1 N–H and O–H groups in total. The second-order valence-corrected chi connectivity index (χ2v) is 7.60. The van der Waals surface area contributed by atoms with Gasteiger partial charge < -0.3 is 10.0 Å². The first kappa shape index (κ1) is 16.3. The molecule has 0 aromatic carbocycles. The minimum absolute atomic E-state index is 0.0711. The third-order valence-electron chi connectivity index (χ3n) is 5.58. The van der Waals surface area contributed by atoms with Gasteiger partial charge in [-0.3, -0.25) is 4.90 Å². The maximum Gasteiger partial charge on any atom is 0.0580 e. The van der Waals surface area contributed by atoms with E-state index in [1.807, 2.05) is 0 Å². The third-order valence-corrected chi connectivity index (χ3v) is 5.58. The quantitative estimate of drug-likeness (QED) is 0.861. The number of likely N-dealkylation sites (N-methyl/N-ethyl adjacent to an activating group) is 1. The molecular formula is C17H34N2O. The fourth-order valence-electron chi connectivity index (χ4n) is 4.08. The molecule has 4 atom stereocenters. The molecule has 2 fully saturated rings.